The molecule has 39 heavy (non-hydrogen) atoms. The van der Waals surface area contributed by atoms with Crippen molar-refractivity contribution in [1.29, 1.82) is 0 Å². The van der Waals surface area contributed by atoms with Crippen LogP contribution in [0.5, 0.6) is 0 Å². The molecule has 12 nitrogen and oxygen atoms in total. The van der Waals surface area contributed by atoms with E-state index in [1.807, 2.05) is 0 Å². The molecule has 0 saturated carbocycles. The van der Waals surface area contributed by atoms with Crippen molar-refractivity contribution in [2.75, 3.05) is 6.61 Å². The number of alkyl halides is 2. The molecule has 5 amide bonds. The van der Waals surface area contributed by atoms with Gasteiger partial charge in [0.25, 0.3) is 0 Å². The fourth-order valence-corrected chi connectivity index (χ4v) is 5.20. The number of carbonyl (C=O) groups is 5. The highest BCUT2D eigenvalue weighted by molar-refractivity contribution is 6.31. The second kappa shape index (κ2) is 13.4. The Labute approximate surface area is 235 Å². The summed E-state index contributed by atoms with van der Waals surface area (Å²) in [6.45, 7) is 2.14. The number of halogens is 2. The van der Waals surface area contributed by atoms with Crippen LogP contribution in [0.4, 0.5) is 0 Å². The molecule has 14 heteroatoms. The van der Waals surface area contributed by atoms with E-state index in [0.717, 1.165) is 4.90 Å². The van der Waals surface area contributed by atoms with Gasteiger partial charge in [0, 0.05) is 0 Å². The van der Waals surface area contributed by atoms with E-state index in [4.69, 9.17) is 23.2 Å². The molecular weight excluding hydrogens is 553 g/mol. The number of nitrogens with one attached hydrogen (secondary N) is 4. The van der Waals surface area contributed by atoms with Gasteiger partial charge in [-0.05, 0) is 25.3 Å². The average Bonchev–Trinajstić information content (AvgIpc) is 3.21. The molecule has 6 N–H and O–H groups in total. The summed E-state index contributed by atoms with van der Waals surface area (Å²) in [4.78, 5) is 67.0. The maximum Gasteiger partial charge on any atom is 0.247 e. The number of hydrogen-bond acceptors (Lipinski definition) is 7. The number of amides is 5. The molecule has 0 bridgehead atoms. The standard InChI is InChI=1S/C25H33Cl2N5O7/c1-3-15-25(39)32-18(9-14(26)21(32)27)23(37)31-20(12(2)34)24(38)30-17(11-33)22(36)29-16(10-19(35)28-15)13-7-5-4-6-8-13/h4-8,12,14-18,20-21,33-34H,3,9-11H2,1-2H3,(H,28,35)(H,29,36)(H,30,38)(H,31,37)/t12-,14-,15+,16+,17-,18-,20+,21+/m1/s1. The predicted molar refractivity (Wildman–Crippen MR) is 141 cm³/mol. The Balaban J connectivity index is 2.03. The molecule has 2 heterocycles. The van der Waals surface area contributed by atoms with Gasteiger partial charge in [0.1, 0.15) is 29.7 Å². The highest BCUT2D eigenvalue weighted by Crippen LogP contribution is 2.32. The van der Waals surface area contributed by atoms with E-state index in [1.54, 1.807) is 37.3 Å². The quantitative estimate of drug-likeness (QED) is 0.199. The molecular formula is C25H33Cl2N5O7. The van der Waals surface area contributed by atoms with Gasteiger partial charge in [-0.2, -0.15) is 0 Å². The lowest BCUT2D eigenvalue weighted by molar-refractivity contribution is -0.143. The van der Waals surface area contributed by atoms with Gasteiger partial charge in [-0.1, -0.05) is 48.9 Å². The molecule has 1 aromatic carbocycles. The van der Waals surface area contributed by atoms with Crippen LogP contribution in [-0.2, 0) is 24.0 Å². The van der Waals surface area contributed by atoms with Gasteiger partial charge >= 0.3 is 0 Å². The van der Waals surface area contributed by atoms with Crippen molar-refractivity contribution in [3.8, 4) is 0 Å². The molecule has 2 aliphatic rings. The fourth-order valence-electron chi connectivity index (χ4n) is 4.57. The highest BCUT2D eigenvalue weighted by atomic mass is 35.5. The Hall–Kier alpha value is -2.93. The van der Waals surface area contributed by atoms with Crippen LogP contribution in [0.2, 0.25) is 0 Å². The Kier molecular flexibility index (Phi) is 10.5. The summed E-state index contributed by atoms with van der Waals surface area (Å²) in [6, 6.07) is 2.47. The number of hydrogen-bond donors (Lipinski definition) is 6. The number of aliphatic hydroxyl groups is 2. The molecule has 2 saturated heterocycles. The van der Waals surface area contributed by atoms with Gasteiger partial charge in [-0.25, -0.2) is 0 Å². The predicted octanol–water partition coefficient (Wildman–Crippen LogP) is -0.742. The van der Waals surface area contributed by atoms with Gasteiger partial charge in [0.15, 0.2) is 0 Å². The van der Waals surface area contributed by atoms with Gasteiger partial charge in [-0.3, -0.25) is 24.0 Å². The molecule has 2 aliphatic heterocycles. The number of fused-ring (bicyclic) bond motifs is 1. The van der Waals surface area contributed by atoms with Crippen molar-refractivity contribution in [3.63, 3.8) is 0 Å². The molecule has 0 aliphatic carbocycles. The lowest BCUT2D eigenvalue weighted by Gasteiger charge is -2.32. The third-order valence-corrected chi connectivity index (χ3v) is 7.79. The SMILES string of the molecule is CC[C@@H]1NC(=O)C[C@@H](c2ccccc2)NC(=O)[C@@H](CO)NC(=O)[C@H]([C@@H](C)O)NC(=O)[C@H]2C[C@@H](Cl)[C@@H](Cl)N2C1=O. The zero-order chi connectivity index (χ0) is 28.9. The smallest absolute Gasteiger partial charge is 0.247 e. The van der Waals surface area contributed by atoms with Crippen molar-refractivity contribution in [1.82, 2.24) is 26.2 Å². The first-order valence-electron chi connectivity index (χ1n) is 12.6. The van der Waals surface area contributed by atoms with Crippen molar-refractivity contribution < 1.29 is 34.2 Å². The first-order valence-corrected chi connectivity index (χ1v) is 13.5. The third-order valence-electron chi connectivity index (χ3n) is 6.73. The summed E-state index contributed by atoms with van der Waals surface area (Å²) in [5.74, 6) is -3.75. The molecule has 0 spiro atoms. The lowest BCUT2D eigenvalue weighted by Crippen LogP contribution is -2.61. The number of benzene rings is 1. The molecule has 0 unspecified atom stereocenters. The van der Waals surface area contributed by atoms with Crippen LogP contribution >= 0.6 is 23.2 Å². The van der Waals surface area contributed by atoms with E-state index in [0.29, 0.717) is 5.56 Å². The summed E-state index contributed by atoms with van der Waals surface area (Å²) in [5, 5.41) is 29.4. The van der Waals surface area contributed by atoms with Crippen molar-refractivity contribution in [2.45, 2.75) is 80.3 Å². The Morgan fingerprint density at radius 2 is 1.62 bits per heavy atom. The minimum absolute atomic E-state index is 0.0381. The highest BCUT2D eigenvalue weighted by Gasteiger charge is 2.48. The van der Waals surface area contributed by atoms with Crippen LogP contribution in [0.3, 0.4) is 0 Å². The first-order chi connectivity index (χ1) is 18.5. The molecule has 0 radical (unpaired) electrons. The summed E-state index contributed by atoms with van der Waals surface area (Å²) in [7, 11) is 0. The molecule has 1 aromatic rings. The molecule has 8 atom stereocenters. The van der Waals surface area contributed by atoms with Crippen molar-refractivity contribution in [2.24, 2.45) is 0 Å². The Bertz CT molecular complexity index is 1080. The van der Waals surface area contributed by atoms with Crippen LogP contribution in [0, 0.1) is 0 Å². The fraction of sp³-hybridized carbons (Fsp3) is 0.560. The van der Waals surface area contributed by atoms with E-state index in [2.05, 4.69) is 21.3 Å². The number of aliphatic hydroxyl groups excluding tert-OH is 2. The second-order valence-electron chi connectivity index (χ2n) is 9.56. The topological polar surface area (TPSA) is 177 Å². The second-order valence-corrected chi connectivity index (χ2v) is 10.6. The molecule has 3 rings (SSSR count). The van der Waals surface area contributed by atoms with Crippen LogP contribution < -0.4 is 21.3 Å². The van der Waals surface area contributed by atoms with Gasteiger partial charge < -0.3 is 36.4 Å². The summed E-state index contributed by atoms with van der Waals surface area (Å²) < 4.78 is 0. The summed E-state index contributed by atoms with van der Waals surface area (Å²) >= 11 is 12.7. The Morgan fingerprint density at radius 1 is 0.949 bits per heavy atom. The van der Waals surface area contributed by atoms with Crippen molar-refractivity contribution >= 4 is 52.7 Å². The van der Waals surface area contributed by atoms with E-state index < -0.39 is 83.3 Å². The lowest BCUT2D eigenvalue weighted by atomic mass is 10.0. The van der Waals surface area contributed by atoms with Gasteiger partial charge in [0.05, 0.1) is 30.6 Å². The first kappa shape index (κ1) is 30.6. The number of carbonyl (C=O) groups excluding carboxylic acids is 5. The van der Waals surface area contributed by atoms with Crippen LogP contribution in [0.25, 0.3) is 0 Å². The van der Waals surface area contributed by atoms with E-state index in [9.17, 15) is 34.2 Å². The molecule has 0 aromatic heterocycles. The van der Waals surface area contributed by atoms with Crippen molar-refractivity contribution in [3.05, 3.63) is 35.9 Å². The largest absolute Gasteiger partial charge is 0.394 e. The molecule has 2 fully saturated rings. The maximum absolute atomic E-state index is 13.5. The van der Waals surface area contributed by atoms with Gasteiger partial charge in [0.2, 0.25) is 29.5 Å². The average molecular weight is 586 g/mol. The summed E-state index contributed by atoms with van der Waals surface area (Å²) in [6.07, 6.45) is -1.54. The number of nitrogens with zero attached hydrogens (tertiary/aromatic N) is 1. The van der Waals surface area contributed by atoms with E-state index >= 15 is 0 Å². The summed E-state index contributed by atoms with van der Waals surface area (Å²) in [5.41, 5.74) is -0.502. The van der Waals surface area contributed by atoms with Crippen LogP contribution in [0.15, 0.2) is 30.3 Å². The normalized spacial score (nSPS) is 32.0. The Morgan fingerprint density at radius 3 is 2.21 bits per heavy atom. The maximum atomic E-state index is 13.5. The molecule has 214 valence electrons. The minimum Gasteiger partial charge on any atom is -0.394 e. The van der Waals surface area contributed by atoms with Crippen LogP contribution in [0.1, 0.15) is 44.7 Å². The van der Waals surface area contributed by atoms with E-state index in [1.165, 1.54) is 6.92 Å². The monoisotopic (exact) mass is 585 g/mol. The van der Waals surface area contributed by atoms with Crippen LogP contribution in [-0.4, -0.2) is 92.4 Å². The zero-order valence-corrected chi connectivity index (χ0v) is 23.0. The minimum atomic E-state index is -1.53. The van der Waals surface area contributed by atoms with Gasteiger partial charge in [-0.15, -0.1) is 11.6 Å². The third kappa shape index (κ3) is 7.18. The zero-order valence-electron chi connectivity index (χ0n) is 21.5. The number of rotatable bonds is 4. The van der Waals surface area contributed by atoms with E-state index in [-0.39, 0.29) is 19.3 Å².